The molecule has 1 rings (SSSR count). The number of hydrogen-bond donors (Lipinski definition) is 1. The van der Waals surface area contributed by atoms with Crippen LogP contribution in [-0.2, 0) is 6.42 Å². The van der Waals surface area contributed by atoms with Crippen molar-refractivity contribution in [2.75, 3.05) is 0 Å². The lowest BCUT2D eigenvalue weighted by Crippen LogP contribution is -2.21. The van der Waals surface area contributed by atoms with Crippen molar-refractivity contribution in [2.24, 2.45) is 5.73 Å². The third kappa shape index (κ3) is 5.40. The van der Waals surface area contributed by atoms with E-state index in [1.807, 2.05) is 0 Å². The average molecular weight is 245 g/mol. The van der Waals surface area contributed by atoms with E-state index in [-0.39, 0.29) is 11.8 Å². The monoisotopic (exact) mass is 245 g/mol. The van der Waals surface area contributed by atoms with Crippen molar-refractivity contribution in [1.29, 1.82) is 0 Å². The lowest BCUT2D eigenvalue weighted by molar-refractivity contribution is -0.274. The summed E-state index contributed by atoms with van der Waals surface area (Å²) in [4.78, 5) is 0. The zero-order valence-electron chi connectivity index (χ0n) is 9.20. The van der Waals surface area contributed by atoms with Gasteiger partial charge in [-0.1, -0.05) is 18.2 Å². The summed E-state index contributed by atoms with van der Waals surface area (Å²) in [6.45, 7) is 3.57. The number of rotatable bonds is 5. The molecule has 2 nitrogen and oxygen atoms in total. The van der Waals surface area contributed by atoms with Crippen molar-refractivity contribution in [3.63, 3.8) is 0 Å². The van der Waals surface area contributed by atoms with Gasteiger partial charge in [-0.15, -0.1) is 19.8 Å². The Bertz CT molecular complexity index is 359. The SMILES string of the molecule is C=CCC(N)Cc1ccc(OC(F)(F)F)cc1. The highest BCUT2D eigenvalue weighted by Crippen LogP contribution is 2.23. The topological polar surface area (TPSA) is 35.2 Å². The minimum atomic E-state index is -4.65. The van der Waals surface area contributed by atoms with Gasteiger partial charge >= 0.3 is 6.36 Å². The van der Waals surface area contributed by atoms with Crippen LogP contribution in [0.1, 0.15) is 12.0 Å². The Morgan fingerprint density at radius 3 is 2.35 bits per heavy atom. The van der Waals surface area contributed by atoms with Crippen molar-refractivity contribution in [1.82, 2.24) is 0 Å². The van der Waals surface area contributed by atoms with Crippen LogP contribution in [0, 0.1) is 0 Å². The van der Waals surface area contributed by atoms with Crippen LogP contribution in [0.4, 0.5) is 13.2 Å². The normalized spacial score (nSPS) is 13.2. The first kappa shape index (κ1) is 13.6. The first-order valence-corrected chi connectivity index (χ1v) is 5.12. The van der Waals surface area contributed by atoms with Crippen LogP contribution >= 0.6 is 0 Å². The van der Waals surface area contributed by atoms with Crippen molar-refractivity contribution < 1.29 is 17.9 Å². The molecule has 1 unspecified atom stereocenters. The highest BCUT2D eigenvalue weighted by Gasteiger charge is 2.30. The second-order valence-corrected chi connectivity index (χ2v) is 3.68. The Kier molecular flexibility index (Phi) is 4.57. The van der Waals surface area contributed by atoms with E-state index in [1.165, 1.54) is 12.1 Å². The van der Waals surface area contributed by atoms with Crippen molar-refractivity contribution >= 4 is 0 Å². The van der Waals surface area contributed by atoms with Gasteiger partial charge in [-0.25, -0.2) is 0 Å². The molecule has 94 valence electrons. The second kappa shape index (κ2) is 5.72. The molecule has 2 N–H and O–H groups in total. The van der Waals surface area contributed by atoms with Crippen LogP contribution in [0.2, 0.25) is 0 Å². The van der Waals surface area contributed by atoms with E-state index < -0.39 is 6.36 Å². The number of benzene rings is 1. The largest absolute Gasteiger partial charge is 0.573 e. The smallest absolute Gasteiger partial charge is 0.406 e. The Morgan fingerprint density at radius 1 is 1.29 bits per heavy atom. The lowest BCUT2D eigenvalue weighted by Gasteiger charge is -2.11. The number of halogens is 3. The summed E-state index contributed by atoms with van der Waals surface area (Å²) < 4.78 is 39.5. The van der Waals surface area contributed by atoms with E-state index in [2.05, 4.69) is 11.3 Å². The van der Waals surface area contributed by atoms with Gasteiger partial charge in [0.05, 0.1) is 0 Å². The molecular weight excluding hydrogens is 231 g/mol. The molecular formula is C12H14F3NO. The molecule has 5 heteroatoms. The predicted molar refractivity (Wildman–Crippen MR) is 59.6 cm³/mol. The van der Waals surface area contributed by atoms with E-state index in [9.17, 15) is 13.2 Å². The van der Waals surface area contributed by atoms with Gasteiger partial charge in [-0.2, -0.15) is 0 Å². The molecule has 0 aliphatic heterocycles. The van der Waals surface area contributed by atoms with Crippen LogP contribution < -0.4 is 10.5 Å². The van der Waals surface area contributed by atoms with Gasteiger partial charge in [0.1, 0.15) is 5.75 Å². The Morgan fingerprint density at radius 2 is 1.88 bits per heavy atom. The minimum absolute atomic E-state index is 0.0677. The first-order valence-electron chi connectivity index (χ1n) is 5.12. The summed E-state index contributed by atoms with van der Waals surface area (Å²) in [5.74, 6) is -0.224. The highest BCUT2D eigenvalue weighted by atomic mass is 19.4. The molecule has 0 amide bonds. The molecule has 0 aliphatic rings. The third-order valence-electron chi connectivity index (χ3n) is 2.12. The molecule has 0 aliphatic carbocycles. The van der Waals surface area contributed by atoms with E-state index in [1.54, 1.807) is 18.2 Å². The fourth-order valence-corrected chi connectivity index (χ4v) is 1.43. The highest BCUT2D eigenvalue weighted by molar-refractivity contribution is 5.28. The minimum Gasteiger partial charge on any atom is -0.406 e. The van der Waals surface area contributed by atoms with Crippen LogP contribution in [0.15, 0.2) is 36.9 Å². The molecule has 0 radical (unpaired) electrons. The average Bonchev–Trinajstić information content (AvgIpc) is 2.19. The molecule has 1 aromatic carbocycles. The number of hydrogen-bond acceptors (Lipinski definition) is 2. The summed E-state index contributed by atoms with van der Waals surface area (Å²) in [5, 5.41) is 0. The van der Waals surface area contributed by atoms with Crippen molar-refractivity contribution in [3.8, 4) is 5.75 Å². The van der Waals surface area contributed by atoms with E-state index in [0.717, 1.165) is 5.56 Å². The van der Waals surface area contributed by atoms with Crippen LogP contribution in [-0.4, -0.2) is 12.4 Å². The number of ether oxygens (including phenoxy) is 1. The quantitative estimate of drug-likeness (QED) is 0.809. The van der Waals surface area contributed by atoms with Crippen molar-refractivity contribution in [2.45, 2.75) is 25.2 Å². The molecule has 17 heavy (non-hydrogen) atoms. The van der Waals surface area contributed by atoms with Gasteiger partial charge in [0.25, 0.3) is 0 Å². The van der Waals surface area contributed by atoms with E-state index in [4.69, 9.17) is 5.73 Å². The van der Waals surface area contributed by atoms with Crippen LogP contribution in [0.5, 0.6) is 5.75 Å². The van der Waals surface area contributed by atoms with Gasteiger partial charge in [0, 0.05) is 6.04 Å². The molecule has 0 aromatic heterocycles. The van der Waals surface area contributed by atoms with E-state index in [0.29, 0.717) is 12.8 Å². The molecule has 0 heterocycles. The van der Waals surface area contributed by atoms with Crippen LogP contribution in [0.3, 0.4) is 0 Å². The van der Waals surface area contributed by atoms with Gasteiger partial charge in [-0.05, 0) is 30.5 Å². The molecule has 0 fully saturated rings. The first-order chi connectivity index (χ1) is 7.90. The molecule has 0 spiro atoms. The van der Waals surface area contributed by atoms with Gasteiger partial charge in [0.15, 0.2) is 0 Å². The van der Waals surface area contributed by atoms with E-state index >= 15 is 0 Å². The summed E-state index contributed by atoms with van der Waals surface area (Å²) in [6.07, 6.45) is -1.67. The Labute approximate surface area is 97.9 Å². The number of nitrogens with two attached hydrogens (primary N) is 1. The molecule has 0 saturated carbocycles. The van der Waals surface area contributed by atoms with Gasteiger partial charge in [0.2, 0.25) is 0 Å². The fraction of sp³-hybridized carbons (Fsp3) is 0.333. The summed E-state index contributed by atoms with van der Waals surface area (Å²) in [5.41, 5.74) is 6.64. The Balaban J connectivity index is 2.59. The second-order valence-electron chi connectivity index (χ2n) is 3.68. The summed E-state index contributed by atoms with van der Waals surface area (Å²) in [7, 11) is 0. The molecule has 1 atom stereocenters. The zero-order chi connectivity index (χ0) is 12.9. The van der Waals surface area contributed by atoms with Gasteiger partial charge < -0.3 is 10.5 Å². The maximum atomic E-state index is 11.9. The summed E-state index contributed by atoms with van der Waals surface area (Å²) >= 11 is 0. The third-order valence-corrected chi connectivity index (χ3v) is 2.12. The van der Waals surface area contributed by atoms with Gasteiger partial charge in [-0.3, -0.25) is 0 Å². The molecule has 0 saturated heterocycles. The summed E-state index contributed by atoms with van der Waals surface area (Å²) in [6, 6.07) is 5.64. The van der Waals surface area contributed by atoms with Crippen LogP contribution in [0.25, 0.3) is 0 Å². The maximum absolute atomic E-state index is 11.9. The molecule has 0 bridgehead atoms. The fourth-order valence-electron chi connectivity index (χ4n) is 1.43. The zero-order valence-corrected chi connectivity index (χ0v) is 9.20. The lowest BCUT2D eigenvalue weighted by atomic mass is 10.0. The van der Waals surface area contributed by atoms with Crippen molar-refractivity contribution in [3.05, 3.63) is 42.5 Å². The standard InChI is InChI=1S/C12H14F3NO/c1-2-3-10(16)8-9-4-6-11(7-5-9)17-12(13,14)15/h2,4-7,10H,1,3,8,16H2. The maximum Gasteiger partial charge on any atom is 0.573 e. The number of alkyl halides is 3. The Hall–Kier alpha value is -1.49. The molecule has 1 aromatic rings. The predicted octanol–water partition coefficient (Wildman–Crippen LogP) is 3.03.